The van der Waals surface area contributed by atoms with Crippen LogP contribution in [0.2, 0.25) is 0 Å². The van der Waals surface area contributed by atoms with Gasteiger partial charge < -0.3 is 16.0 Å². The van der Waals surface area contributed by atoms with Gasteiger partial charge >= 0.3 is 0 Å². The van der Waals surface area contributed by atoms with Gasteiger partial charge in [-0.05, 0) is 51.5 Å². The molecule has 0 saturated heterocycles. The molecule has 1 amide bonds. The minimum atomic E-state index is 0.1000. The summed E-state index contributed by atoms with van der Waals surface area (Å²) in [5.41, 5.74) is 2.62. The predicted molar refractivity (Wildman–Crippen MR) is 113 cm³/mol. The van der Waals surface area contributed by atoms with Crippen LogP contribution in [0.3, 0.4) is 0 Å². The number of guanidine groups is 1. The van der Waals surface area contributed by atoms with Gasteiger partial charge in [-0.25, -0.2) is 0 Å². The van der Waals surface area contributed by atoms with Gasteiger partial charge in [0.15, 0.2) is 5.96 Å². The van der Waals surface area contributed by atoms with Gasteiger partial charge in [0.05, 0.1) is 0 Å². The Bertz CT molecular complexity index is 641. The molecule has 1 fully saturated rings. The summed E-state index contributed by atoms with van der Waals surface area (Å²) >= 11 is 0. The molecular formula is C22H36N4O. The van der Waals surface area contributed by atoms with Crippen LogP contribution < -0.4 is 16.0 Å². The van der Waals surface area contributed by atoms with Crippen molar-refractivity contribution < 1.29 is 4.79 Å². The maximum absolute atomic E-state index is 12.3. The third-order valence-electron chi connectivity index (χ3n) is 5.23. The number of aryl methyl sites for hydroxylation is 1. The van der Waals surface area contributed by atoms with E-state index in [1.54, 1.807) is 7.05 Å². The lowest BCUT2D eigenvalue weighted by Gasteiger charge is -2.30. The molecule has 150 valence electrons. The molecule has 1 aliphatic carbocycles. The number of aliphatic imine (C=N–C) groups is 1. The minimum absolute atomic E-state index is 0.1000. The molecular weight excluding hydrogens is 336 g/mol. The van der Waals surface area contributed by atoms with Crippen molar-refractivity contribution in [1.82, 2.24) is 16.0 Å². The second kappa shape index (κ2) is 10.3. The van der Waals surface area contributed by atoms with E-state index in [0.29, 0.717) is 12.0 Å². The van der Waals surface area contributed by atoms with Gasteiger partial charge in [-0.15, -0.1) is 0 Å². The number of amides is 1. The standard InChI is InChI=1S/C22H36N4O/c1-15(2)25-21(27)19-10-7-11-20(13-19)26-22(23-5)24-14-17(4)18-9-6-8-16(3)12-18/h6,8-9,12,15,17,19-20H,7,10-11,13-14H2,1-5H3,(H,25,27)(H2,23,24,26). The molecule has 1 aromatic rings. The Morgan fingerprint density at radius 2 is 2.04 bits per heavy atom. The third-order valence-corrected chi connectivity index (χ3v) is 5.23. The average Bonchev–Trinajstić information content (AvgIpc) is 2.64. The Morgan fingerprint density at radius 1 is 1.26 bits per heavy atom. The van der Waals surface area contributed by atoms with Gasteiger partial charge in [-0.1, -0.05) is 43.2 Å². The Kier molecular flexibility index (Phi) is 8.14. The lowest BCUT2D eigenvalue weighted by Crippen LogP contribution is -2.48. The molecule has 5 heteroatoms. The Hall–Kier alpha value is -2.04. The summed E-state index contributed by atoms with van der Waals surface area (Å²) < 4.78 is 0. The number of carbonyl (C=O) groups excluding carboxylic acids is 1. The molecule has 27 heavy (non-hydrogen) atoms. The number of hydrogen-bond acceptors (Lipinski definition) is 2. The van der Waals surface area contributed by atoms with Crippen LogP contribution in [0.1, 0.15) is 63.5 Å². The number of carbonyl (C=O) groups is 1. The fraction of sp³-hybridized carbons (Fsp3) is 0.636. The number of benzene rings is 1. The van der Waals surface area contributed by atoms with E-state index in [1.165, 1.54) is 11.1 Å². The summed E-state index contributed by atoms with van der Waals surface area (Å²) in [6.07, 6.45) is 4.00. The quantitative estimate of drug-likeness (QED) is 0.530. The molecule has 1 aromatic carbocycles. The molecule has 0 spiro atoms. The van der Waals surface area contributed by atoms with E-state index in [0.717, 1.165) is 38.2 Å². The first-order chi connectivity index (χ1) is 12.9. The fourth-order valence-electron chi connectivity index (χ4n) is 3.69. The zero-order valence-electron chi connectivity index (χ0n) is 17.5. The molecule has 0 aromatic heterocycles. The van der Waals surface area contributed by atoms with Gasteiger partial charge in [0, 0.05) is 31.6 Å². The SMILES string of the molecule is CN=C(NCC(C)c1cccc(C)c1)NC1CCCC(C(=O)NC(C)C)C1. The highest BCUT2D eigenvalue weighted by Gasteiger charge is 2.28. The average molecular weight is 373 g/mol. The second-order valence-electron chi connectivity index (χ2n) is 8.14. The monoisotopic (exact) mass is 372 g/mol. The van der Waals surface area contributed by atoms with Gasteiger partial charge in [0.2, 0.25) is 5.91 Å². The zero-order valence-corrected chi connectivity index (χ0v) is 17.5. The first kappa shape index (κ1) is 21.3. The van der Waals surface area contributed by atoms with E-state index < -0.39 is 0 Å². The highest BCUT2D eigenvalue weighted by atomic mass is 16.1. The normalized spacial score (nSPS) is 21.6. The number of nitrogens with zero attached hydrogens (tertiary/aromatic N) is 1. The van der Waals surface area contributed by atoms with Gasteiger partial charge in [0.1, 0.15) is 0 Å². The summed E-state index contributed by atoms with van der Waals surface area (Å²) in [6.45, 7) is 9.20. The van der Waals surface area contributed by atoms with Crippen molar-refractivity contribution in [2.24, 2.45) is 10.9 Å². The molecule has 3 N–H and O–H groups in total. The molecule has 5 nitrogen and oxygen atoms in total. The first-order valence-electron chi connectivity index (χ1n) is 10.2. The van der Waals surface area contributed by atoms with E-state index in [-0.39, 0.29) is 17.9 Å². The zero-order chi connectivity index (χ0) is 19.8. The lowest BCUT2D eigenvalue weighted by molar-refractivity contribution is -0.126. The van der Waals surface area contributed by atoms with Crippen LogP contribution in [0.15, 0.2) is 29.3 Å². The van der Waals surface area contributed by atoms with Crippen LogP contribution in [0.5, 0.6) is 0 Å². The second-order valence-corrected chi connectivity index (χ2v) is 8.14. The molecule has 2 rings (SSSR count). The third kappa shape index (κ3) is 6.89. The summed E-state index contributed by atoms with van der Waals surface area (Å²) in [7, 11) is 1.80. The Labute approximate surface area is 164 Å². The Morgan fingerprint density at radius 3 is 2.70 bits per heavy atom. The number of rotatable bonds is 6. The van der Waals surface area contributed by atoms with Crippen LogP contribution in [-0.2, 0) is 4.79 Å². The highest BCUT2D eigenvalue weighted by Crippen LogP contribution is 2.24. The lowest BCUT2D eigenvalue weighted by atomic mass is 9.85. The van der Waals surface area contributed by atoms with Crippen molar-refractivity contribution in [3.63, 3.8) is 0 Å². The molecule has 0 bridgehead atoms. The van der Waals surface area contributed by atoms with Crippen molar-refractivity contribution in [2.75, 3.05) is 13.6 Å². The van der Waals surface area contributed by atoms with Gasteiger partial charge in [-0.3, -0.25) is 9.79 Å². The van der Waals surface area contributed by atoms with Crippen LogP contribution in [0.25, 0.3) is 0 Å². The summed E-state index contributed by atoms with van der Waals surface area (Å²) in [4.78, 5) is 16.7. The van der Waals surface area contributed by atoms with Gasteiger partial charge in [0.25, 0.3) is 0 Å². The minimum Gasteiger partial charge on any atom is -0.356 e. The topological polar surface area (TPSA) is 65.5 Å². The maximum Gasteiger partial charge on any atom is 0.223 e. The van der Waals surface area contributed by atoms with Crippen LogP contribution in [-0.4, -0.2) is 37.5 Å². The largest absolute Gasteiger partial charge is 0.356 e. The maximum atomic E-state index is 12.3. The van der Waals surface area contributed by atoms with Crippen LogP contribution in [0.4, 0.5) is 0 Å². The summed E-state index contributed by atoms with van der Waals surface area (Å²) in [5.74, 6) is 1.51. The molecule has 0 aliphatic heterocycles. The number of nitrogens with one attached hydrogen (secondary N) is 3. The van der Waals surface area contributed by atoms with Crippen LogP contribution in [0, 0.1) is 12.8 Å². The smallest absolute Gasteiger partial charge is 0.223 e. The summed E-state index contributed by atoms with van der Waals surface area (Å²) in [5, 5.41) is 10.0. The molecule has 3 unspecified atom stereocenters. The molecule has 1 aliphatic rings. The highest BCUT2D eigenvalue weighted by molar-refractivity contribution is 5.81. The van der Waals surface area contributed by atoms with Crippen molar-refractivity contribution in [3.05, 3.63) is 35.4 Å². The summed E-state index contributed by atoms with van der Waals surface area (Å²) in [6, 6.07) is 9.14. The van der Waals surface area contributed by atoms with Gasteiger partial charge in [-0.2, -0.15) is 0 Å². The first-order valence-corrected chi connectivity index (χ1v) is 10.2. The molecule has 0 radical (unpaired) electrons. The van der Waals surface area contributed by atoms with E-state index in [9.17, 15) is 4.79 Å². The molecule has 3 atom stereocenters. The fourth-order valence-corrected chi connectivity index (χ4v) is 3.69. The van der Waals surface area contributed by atoms with Crippen molar-refractivity contribution in [1.29, 1.82) is 0 Å². The Balaban J connectivity index is 1.84. The molecule has 0 heterocycles. The van der Waals surface area contributed by atoms with E-state index in [4.69, 9.17) is 0 Å². The number of hydrogen-bond donors (Lipinski definition) is 3. The van der Waals surface area contributed by atoms with Crippen LogP contribution >= 0.6 is 0 Å². The molecule has 1 saturated carbocycles. The predicted octanol–water partition coefficient (Wildman–Crippen LogP) is 3.35. The van der Waals surface area contributed by atoms with Crippen molar-refractivity contribution >= 4 is 11.9 Å². The van der Waals surface area contributed by atoms with Crippen molar-refractivity contribution in [3.8, 4) is 0 Å². The van der Waals surface area contributed by atoms with E-state index in [2.05, 4.69) is 59.1 Å². The van der Waals surface area contributed by atoms with E-state index >= 15 is 0 Å². The van der Waals surface area contributed by atoms with Crippen molar-refractivity contribution in [2.45, 2.75) is 71.4 Å². The van der Waals surface area contributed by atoms with E-state index in [1.807, 2.05) is 13.8 Å².